The highest BCUT2D eigenvalue weighted by Crippen LogP contribution is 2.25. The molecule has 26 heavy (non-hydrogen) atoms. The van der Waals surface area contributed by atoms with Crippen LogP contribution >= 0.6 is 11.6 Å². The zero-order chi connectivity index (χ0) is 18.9. The molecule has 0 bridgehead atoms. The van der Waals surface area contributed by atoms with Gasteiger partial charge < -0.3 is 9.47 Å². The third kappa shape index (κ3) is 5.29. The minimum Gasteiger partial charge on any atom is -0.460 e. The van der Waals surface area contributed by atoms with Crippen molar-refractivity contribution in [3.05, 3.63) is 29.3 Å². The number of halogens is 1. The van der Waals surface area contributed by atoms with Crippen LogP contribution in [0, 0.1) is 5.92 Å². The summed E-state index contributed by atoms with van der Waals surface area (Å²) in [6.07, 6.45) is 3.64. The number of rotatable bonds is 10. The Kier molecular flexibility index (Phi) is 8.06. The molecule has 0 aliphatic rings. The minimum absolute atomic E-state index is 0.0648. The number of unbranched alkanes of at least 4 members (excludes halogenated alkanes) is 1. The molecule has 0 amide bonds. The number of aromatic nitrogens is 3. The average Bonchev–Trinajstić information content (AvgIpc) is 3.06. The molecule has 7 heteroatoms. The number of carbonyl (C=O) groups excluding carboxylic acids is 1. The van der Waals surface area contributed by atoms with Crippen LogP contribution in [0.2, 0.25) is 5.02 Å². The maximum Gasteiger partial charge on any atom is 0.336 e. The Morgan fingerprint density at radius 1 is 1.31 bits per heavy atom. The van der Waals surface area contributed by atoms with Crippen molar-refractivity contribution in [2.75, 3.05) is 20.3 Å². The monoisotopic (exact) mass is 379 g/mol. The molecule has 0 aliphatic carbocycles. The average molecular weight is 380 g/mol. The van der Waals surface area contributed by atoms with Crippen LogP contribution in [-0.2, 0) is 4.74 Å². The second kappa shape index (κ2) is 10.3. The van der Waals surface area contributed by atoms with Crippen molar-refractivity contribution >= 4 is 17.5 Å². The molecular formula is C19H26ClN3O3. The Bertz CT molecular complexity index is 718. The molecule has 0 saturated carbocycles. The normalized spacial score (nSPS) is 12.2. The summed E-state index contributed by atoms with van der Waals surface area (Å²) in [4.78, 5) is 17.5. The van der Waals surface area contributed by atoms with E-state index in [1.807, 2.05) is 19.1 Å². The summed E-state index contributed by atoms with van der Waals surface area (Å²) < 4.78 is 11.8. The van der Waals surface area contributed by atoms with Gasteiger partial charge in [-0.25, -0.2) is 0 Å². The fraction of sp³-hybridized carbons (Fsp3) is 0.526. The molecule has 0 N–H and O–H groups in total. The largest absolute Gasteiger partial charge is 0.460 e. The number of nitrogens with zero attached hydrogens (tertiary/aromatic N) is 3. The van der Waals surface area contributed by atoms with Gasteiger partial charge in [0, 0.05) is 23.6 Å². The zero-order valence-corrected chi connectivity index (χ0v) is 16.3. The van der Waals surface area contributed by atoms with Crippen LogP contribution in [-0.4, -0.2) is 41.0 Å². The van der Waals surface area contributed by atoms with Crippen molar-refractivity contribution in [1.82, 2.24) is 14.8 Å². The molecule has 1 heterocycles. The third-order valence-corrected chi connectivity index (χ3v) is 4.38. The predicted molar refractivity (Wildman–Crippen MR) is 102 cm³/mol. The highest BCUT2D eigenvalue weighted by atomic mass is 35.5. The minimum atomic E-state index is -0.0959. The fourth-order valence-electron chi connectivity index (χ4n) is 2.66. The molecule has 1 unspecified atom stereocenters. The van der Waals surface area contributed by atoms with Gasteiger partial charge in [-0.05, 0) is 25.0 Å². The number of carbonyl (C=O) groups is 1. The maximum atomic E-state index is 13.1. The van der Waals surface area contributed by atoms with E-state index < -0.39 is 0 Å². The van der Waals surface area contributed by atoms with E-state index in [0.29, 0.717) is 24.1 Å². The van der Waals surface area contributed by atoms with Gasteiger partial charge >= 0.3 is 6.01 Å². The smallest absolute Gasteiger partial charge is 0.336 e. The molecule has 1 aromatic carbocycles. The van der Waals surface area contributed by atoms with E-state index in [0.717, 1.165) is 31.2 Å². The lowest BCUT2D eigenvalue weighted by molar-refractivity contribution is 0.0803. The number of hydrogen-bond donors (Lipinski definition) is 0. The number of methoxy groups -OCH3 is 1. The van der Waals surface area contributed by atoms with Crippen LogP contribution in [0.3, 0.4) is 0 Å². The Balaban J connectivity index is 2.36. The lowest BCUT2D eigenvalue weighted by Crippen LogP contribution is -2.23. The van der Waals surface area contributed by atoms with Gasteiger partial charge in [0.05, 0.1) is 6.61 Å². The van der Waals surface area contributed by atoms with E-state index in [2.05, 4.69) is 17.0 Å². The summed E-state index contributed by atoms with van der Waals surface area (Å²) in [5.74, 6) is 0.284. The van der Waals surface area contributed by atoms with Crippen LogP contribution in [0.15, 0.2) is 24.3 Å². The van der Waals surface area contributed by atoms with Crippen molar-refractivity contribution in [3.8, 4) is 17.4 Å². The van der Waals surface area contributed by atoms with Gasteiger partial charge in [0.15, 0.2) is 5.82 Å². The summed E-state index contributed by atoms with van der Waals surface area (Å²) in [7, 11) is 1.59. The SMILES string of the molecule is CCCCC(CC)C(=O)n1nc(OCCOC)nc1-c1cccc(Cl)c1. The molecule has 0 spiro atoms. The topological polar surface area (TPSA) is 66.2 Å². The van der Waals surface area contributed by atoms with Crippen molar-refractivity contribution in [2.24, 2.45) is 5.92 Å². The maximum absolute atomic E-state index is 13.1. The van der Waals surface area contributed by atoms with Crippen molar-refractivity contribution in [3.63, 3.8) is 0 Å². The fourth-order valence-corrected chi connectivity index (χ4v) is 2.85. The standard InChI is InChI=1S/C19H26ClN3O3/c1-4-6-8-14(5-2)18(24)23-17(15-9-7-10-16(20)13-15)21-19(22-23)26-12-11-25-3/h7,9-10,13-14H,4-6,8,11-12H2,1-3H3. The van der Waals surface area contributed by atoms with Crippen LogP contribution in [0.5, 0.6) is 6.01 Å². The van der Waals surface area contributed by atoms with E-state index in [9.17, 15) is 4.79 Å². The van der Waals surface area contributed by atoms with E-state index in [-0.39, 0.29) is 17.8 Å². The van der Waals surface area contributed by atoms with Crippen molar-refractivity contribution in [2.45, 2.75) is 39.5 Å². The molecule has 0 fully saturated rings. The lowest BCUT2D eigenvalue weighted by atomic mass is 9.98. The van der Waals surface area contributed by atoms with Crippen molar-refractivity contribution < 1.29 is 14.3 Å². The molecule has 2 aromatic rings. The number of ether oxygens (including phenoxy) is 2. The number of hydrogen-bond acceptors (Lipinski definition) is 5. The Morgan fingerprint density at radius 2 is 2.12 bits per heavy atom. The Labute approximate surface area is 159 Å². The van der Waals surface area contributed by atoms with Crippen LogP contribution in [0.4, 0.5) is 0 Å². The highest BCUT2D eigenvalue weighted by molar-refractivity contribution is 6.30. The summed E-state index contributed by atoms with van der Waals surface area (Å²) in [5, 5.41) is 4.87. The molecule has 6 nitrogen and oxygen atoms in total. The molecule has 2 rings (SSSR count). The van der Waals surface area contributed by atoms with Gasteiger partial charge in [-0.15, -0.1) is 5.10 Å². The quantitative estimate of drug-likeness (QED) is 0.569. The van der Waals surface area contributed by atoms with Gasteiger partial charge in [-0.1, -0.05) is 50.4 Å². The highest BCUT2D eigenvalue weighted by Gasteiger charge is 2.24. The molecule has 1 atom stereocenters. The lowest BCUT2D eigenvalue weighted by Gasteiger charge is -2.14. The zero-order valence-electron chi connectivity index (χ0n) is 15.6. The van der Waals surface area contributed by atoms with E-state index >= 15 is 0 Å². The first-order chi connectivity index (χ1) is 12.6. The molecule has 0 radical (unpaired) electrons. The molecule has 1 aromatic heterocycles. The van der Waals surface area contributed by atoms with Crippen LogP contribution in [0.1, 0.15) is 44.3 Å². The summed E-state index contributed by atoms with van der Waals surface area (Å²) in [5.41, 5.74) is 0.727. The summed E-state index contributed by atoms with van der Waals surface area (Å²) >= 11 is 6.10. The molecule has 0 saturated heterocycles. The second-order valence-electron chi connectivity index (χ2n) is 6.07. The van der Waals surface area contributed by atoms with Gasteiger partial charge in [0.1, 0.15) is 6.61 Å². The van der Waals surface area contributed by atoms with Crippen LogP contribution in [0.25, 0.3) is 11.4 Å². The van der Waals surface area contributed by atoms with Gasteiger partial charge in [0.25, 0.3) is 5.91 Å². The van der Waals surface area contributed by atoms with E-state index in [1.165, 1.54) is 4.68 Å². The molecular weight excluding hydrogens is 354 g/mol. The Morgan fingerprint density at radius 3 is 2.77 bits per heavy atom. The molecule has 0 aliphatic heterocycles. The van der Waals surface area contributed by atoms with Crippen LogP contribution < -0.4 is 4.74 Å². The second-order valence-corrected chi connectivity index (χ2v) is 6.50. The van der Waals surface area contributed by atoms with E-state index in [1.54, 1.807) is 19.2 Å². The third-order valence-electron chi connectivity index (χ3n) is 4.15. The molecule has 142 valence electrons. The number of benzene rings is 1. The Hall–Kier alpha value is -1.92. The van der Waals surface area contributed by atoms with Gasteiger partial charge in [0.2, 0.25) is 0 Å². The van der Waals surface area contributed by atoms with Gasteiger partial charge in [-0.2, -0.15) is 9.67 Å². The van der Waals surface area contributed by atoms with Crippen molar-refractivity contribution in [1.29, 1.82) is 0 Å². The first-order valence-electron chi connectivity index (χ1n) is 8.99. The van der Waals surface area contributed by atoms with E-state index in [4.69, 9.17) is 21.1 Å². The van der Waals surface area contributed by atoms with Gasteiger partial charge in [-0.3, -0.25) is 4.79 Å². The summed E-state index contributed by atoms with van der Waals surface area (Å²) in [6.45, 7) is 4.87. The first kappa shape index (κ1) is 20.4. The summed E-state index contributed by atoms with van der Waals surface area (Å²) in [6, 6.07) is 7.38. The first-order valence-corrected chi connectivity index (χ1v) is 9.37. The predicted octanol–water partition coefficient (Wildman–Crippen LogP) is 4.48.